The van der Waals surface area contributed by atoms with Crippen LogP contribution in [0.25, 0.3) is 0 Å². The zero-order chi connectivity index (χ0) is 21.9. The molecule has 5 rings (SSSR count). The van der Waals surface area contributed by atoms with Crippen LogP contribution in [0.2, 0.25) is 0 Å². The normalized spacial score (nSPS) is 22.1. The summed E-state index contributed by atoms with van der Waals surface area (Å²) in [7, 11) is 0. The minimum atomic E-state index is -0.121. The maximum atomic E-state index is 13.0. The number of hydrogen-bond donors (Lipinski definition) is 1. The summed E-state index contributed by atoms with van der Waals surface area (Å²) in [5.41, 5.74) is 2.85. The number of benzene rings is 1. The van der Waals surface area contributed by atoms with Gasteiger partial charge in [-0.3, -0.25) is 14.5 Å². The first kappa shape index (κ1) is 21.3. The van der Waals surface area contributed by atoms with E-state index >= 15 is 0 Å². The quantitative estimate of drug-likeness (QED) is 0.780. The Morgan fingerprint density at radius 1 is 1.12 bits per heavy atom. The molecule has 1 atom stereocenters. The highest BCUT2D eigenvalue weighted by atomic mass is 16.5. The lowest BCUT2D eigenvalue weighted by atomic mass is 10.0. The number of carbonyl (C=O) groups is 1. The van der Waals surface area contributed by atoms with Crippen LogP contribution in [0.3, 0.4) is 0 Å². The number of carbonyl (C=O) groups excluding carboxylic acids is 1. The standard InChI is InChI=1S/C25H32N4O3/c30-23(9-8-18-5-2-1-3-6-18)29-13-4-7-22(29)24-26-21-10-14-28(17-20(21)25(31)27-24)19-11-15-32-16-12-19/h1-3,5-6,19,22H,4,7-17H2,(H,26,27,31). The summed E-state index contributed by atoms with van der Waals surface area (Å²) in [5.74, 6) is 0.807. The van der Waals surface area contributed by atoms with Crippen LogP contribution in [0.4, 0.5) is 0 Å². The lowest BCUT2D eigenvalue weighted by molar-refractivity contribution is -0.132. The number of rotatable bonds is 5. The summed E-state index contributed by atoms with van der Waals surface area (Å²) >= 11 is 0. The van der Waals surface area contributed by atoms with E-state index in [2.05, 4.69) is 22.0 Å². The Balaban J connectivity index is 1.29. The third-order valence-electron chi connectivity index (χ3n) is 7.18. The molecule has 0 saturated carbocycles. The van der Waals surface area contributed by atoms with Gasteiger partial charge in [0.2, 0.25) is 5.91 Å². The predicted molar refractivity (Wildman–Crippen MR) is 121 cm³/mol. The number of likely N-dealkylation sites (tertiary alicyclic amines) is 1. The van der Waals surface area contributed by atoms with Crippen molar-refractivity contribution in [1.29, 1.82) is 0 Å². The van der Waals surface area contributed by atoms with Gasteiger partial charge < -0.3 is 14.6 Å². The van der Waals surface area contributed by atoms with Crippen molar-refractivity contribution in [3.8, 4) is 0 Å². The highest BCUT2D eigenvalue weighted by Gasteiger charge is 2.33. The molecule has 1 amide bonds. The van der Waals surface area contributed by atoms with Gasteiger partial charge in [-0.05, 0) is 37.7 Å². The second-order valence-corrected chi connectivity index (χ2v) is 9.17. The van der Waals surface area contributed by atoms with Crippen LogP contribution in [0.5, 0.6) is 0 Å². The van der Waals surface area contributed by atoms with Gasteiger partial charge in [0.1, 0.15) is 5.82 Å². The zero-order valence-corrected chi connectivity index (χ0v) is 18.6. The van der Waals surface area contributed by atoms with Crippen LogP contribution in [-0.2, 0) is 28.9 Å². The van der Waals surface area contributed by atoms with Crippen molar-refractivity contribution < 1.29 is 9.53 Å². The van der Waals surface area contributed by atoms with Crippen LogP contribution in [0.1, 0.15) is 60.8 Å². The highest BCUT2D eigenvalue weighted by molar-refractivity contribution is 5.77. The molecule has 3 aliphatic heterocycles. The Bertz CT molecular complexity index is 1000. The molecule has 32 heavy (non-hydrogen) atoms. The number of aromatic amines is 1. The number of H-pyrrole nitrogens is 1. The lowest BCUT2D eigenvalue weighted by Crippen LogP contribution is -2.44. The van der Waals surface area contributed by atoms with Crippen molar-refractivity contribution in [2.45, 2.75) is 63.6 Å². The van der Waals surface area contributed by atoms with Gasteiger partial charge in [0, 0.05) is 51.7 Å². The minimum Gasteiger partial charge on any atom is -0.381 e. The molecule has 170 valence electrons. The van der Waals surface area contributed by atoms with Gasteiger partial charge >= 0.3 is 0 Å². The summed E-state index contributed by atoms with van der Waals surface area (Å²) in [6.07, 6.45) is 5.86. The first-order chi connectivity index (χ1) is 15.7. The minimum absolute atomic E-state index is 0.0367. The molecule has 7 nitrogen and oxygen atoms in total. The summed E-state index contributed by atoms with van der Waals surface area (Å²) in [5, 5.41) is 0. The van der Waals surface area contributed by atoms with E-state index in [1.807, 2.05) is 23.1 Å². The van der Waals surface area contributed by atoms with E-state index in [1.165, 1.54) is 5.56 Å². The summed E-state index contributed by atoms with van der Waals surface area (Å²) in [6, 6.07) is 10.5. The van der Waals surface area contributed by atoms with Gasteiger partial charge in [0.15, 0.2) is 0 Å². The molecule has 2 aromatic rings. The van der Waals surface area contributed by atoms with Crippen LogP contribution < -0.4 is 5.56 Å². The second kappa shape index (κ2) is 9.55. The molecule has 1 aromatic heterocycles. The molecule has 2 saturated heterocycles. The Morgan fingerprint density at radius 3 is 2.75 bits per heavy atom. The number of aromatic nitrogens is 2. The van der Waals surface area contributed by atoms with E-state index in [4.69, 9.17) is 9.72 Å². The van der Waals surface area contributed by atoms with E-state index < -0.39 is 0 Å². The summed E-state index contributed by atoms with van der Waals surface area (Å²) in [4.78, 5) is 38.3. The Morgan fingerprint density at radius 2 is 1.94 bits per heavy atom. The van der Waals surface area contributed by atoms with Crippen molar-refractivity contribution >= 4 is 5.91 Å². The highest BCUT2D eigenvalue weighted by Crippen LogP contribution is 2.31. The smallest absolute Gasteiger partial charge is 0.255 e. The molecule has 4 heterocycles. The van der Waals surface area contributed by atoms with Gasteiger partial charge in [0.25, 0.3) is 5.56 Å². The molecule has 3 aliphatic rings. The fourth-order valence-electron chi connectivity index (χ4n) is 5.37. The fraction of sp³-hybridized carbons (Fsp3) is 0.560. The third-order valence-corrected chi connectivity index (χ3v) is 7.18. The summed E-state index contributed by atoms with van der Waals surface area (Å²) < 4.78 is 5.49. The molecule has 0 spiro atoms. The first-order valence-corrected chi connectivity index (χ1v) is 12.0. The Labute approximate surface area is 188 Å². The molecule has 7 heteroatoms. The number of nitrogens with zero attached hydrogens (tertiary/aromatic N) is 3. The van der Waals surface area contributed by atoms with E-state index in [1.54, 1.807) is 0 Å². The molecule has 0 radical (unpaired) electrons. The van der Waals surface area contributed by atoms with Gasteiger partial charge in [0.05, 0.1) is 17.3 Å². The van der Waals surface area contributed by atoms with E-state index in [0.717, 1.165) is 76.1 Å². The lowest BCUT2D eigenvalue weighted by Gasteiger charge is -2.37. The molecule has 2 fully saturated rings. The van der Waals surface area contributed by atoms with E-state index in [0.29, 0.717) is 24.8 Å². The molecular weight excluding hydrogens is 404 g/mol. The number of fused-ring (bicyclic) bond motifs is 1. The predicted octanol–water partition coefficient (Wildman–Crippen LogP) is 2.60. The maximum Gasteiger partial charge on any atom is 0.255 e. The largest absolute Gasteiger partial charge is 0.381 e. The second-order valence-electron chi connectivity index (χ2n) is 9.17. The molecule has 0 aliphatic carbocycles. The number of hydrogen-bond acceptors (Lipinski definition) is 5. The Kier molecular flexibility index (Phi) is 6.37. The number of amides is 1. The van der Waals surface area contributed by atoms with Crippen LogP contribution in [-0.4, -0.2) is 58.0 Å². The average molecular weight is 437 g/mol. The first-order valence-electron chi connectivity index (χ1n) is 12.0. The molecule has 1 N–H and O–H groups in total. The third kappa shape index (κ3) is 4.50. The van der Waals surface area contributed by atoms with Gasteiger partial charge in [-0.25, -0.2) is 4.98 Å². The average Bonchev–Trinajstić information content (AvgIpc) is 3.34. The van der Waals surface area contributed by atoms with Gasteiger partial charge in [-0.1, -0.05) is 30.3 Å². The SMILES string of the molecule is O=C(CCc1ccccc1)N1CCCC1c1nc2c(c(=O)[nH]1)CN(C1CCOCC1)CC2. The van der Waals surface area contributed by atoms with Crippen LogP contribution in [0, 0.1) is 0 Å². The van der Waals surface area contributed by atoms with Crippen molar-refractivity contribution in [1.82, 2.24) is 19.8 Å². The van der Waals surface area contributed by atoms with Crippen LogP contribution in [0.15, 0.2) is 35.1 Å². The number of aryl methyl sites for hydroxylation is 1. The van der Waals surface area contributed by atoms with Crippen molar-refractivity contribution in [3.05, 3.63) is 63.3 Å². The van der Waals surface area contributed by atoms with E-state index in [-0.39, 0.29) is 17.5 Å². The topological polar surface area (TPSA) is 78.5 Å². The molecule has 1 unspecified atom stereocenters. The van der Waals surface area contributed by atoms with Crippen molar-refractivity contribution in [2.75, 3.05) is 26.3 Å². The van der Waals surface area contributed by atoms with Gasteiger partial charge in [-0.2, -0.15) is 0 Å². The zero-order valence-electron chi connectivity index (χ0n) is 18.6. The Hall–Kier alpha value is -2.51. The summed E-state index contributed by atoms with van der Waals surface area (Å²) in [6.45, 7) is 3.93. The molecule has 1 aromatic carbocycles. The monoisotopic (exact) mass is 436 g/mol. The van der Waals surface area contributed by atoms with Crippen molar-refractivity contribution in [3.63, 3.8) is 0 Å². The fourth-order valence-corrected chi connectivity index (χ4v) is 5.37. The number of ether oxygens (including phenoxy) is 1. The number of nitrogens with one attached hydrogen (secondary N) is 1. The maximum absolute atomic E-state index is 13.0. The molecular formula is C25H32N4O3. The molecule has 0 bridgehead atoms. The van der Waals surface area contributed by atoms with Crippen molar-refractivity contribution in [2.24, 2.45) is 0 Å². The van der Waals surface area contributed by atoms with Gasteiger partial charge in [-0.15, -0.1) is 0 Å². The van der Waals surface area contributed by atoms with Crippen LogP contribution >= 0.6 is 0 Å². The van der Waals surface area contributed by atoms with E-state index in [9.17, 15) is 9.59 Å².